The number of benzene rings is 2. The van der Waals surface area contributed by atoms with Gasteiger partial charge in [0.05, 0.1) is 24.4 Å². The van der Waals surface area contributed by atoms with Gasteiger partial charge in [0.1, 0.15) is 5.75 Å². The number of hydrogen-bond donors (Lipinski definition) is 0. The highest BCUT2D eigenvalue weighted by Gasteiger charge is 2.17. The van der Waals surface area contributed by atoms with Crippen molar-refractivity contribution in [2.45, 2.75) is 0 Å². The average Bonchev–Trinajstić information content (AvgIpc) is 3.10. The first kappa shape index (κ1) is 13.5. The first-order valence-corrected chi connectivity index (χ1v) is 7.30. The van der Waals surface area contributed by atoms with Gasteiger partial charge < -0.3 is 9.26 Å². The van der Waals surface area contributed by atoms with Crippen molar-refractivity contribution in [1.29, 1.82) is 0 Å². The van der Waals surface area contributed by atoms with Crippen LogP contribution in [0.2, 0.25) is 0 Å². The molecule has 112 valence electrons. The summed E-state index contributed by atoms with van der Waals surface area (Å²) in [5.74, 6) is 1.50. The molecule has 2 aromatic heterocycles. The molecular formula is C19H14N2O2. The zero-order valence-electron chi connectivity index (χ0n) is 12.6. The van der Waals surface area contributed by atoms with Crippen molar-refractivity contribution in [3.8, 4) is 28.2 Å². The zero-order chi connectivity index (χ0) is 15.6. The smallest absolute Gasteiger partial charge is 0.175 e. The maximum atomic E-state index is 5.58. The molecule has 0 amide bonds. The molecule has 0 atom stereocenters. The van der Waals surface area contributed by atoms with Crippen LogP contribution in [0.5, 0.6) is 5.75 Å². The van der Waals surface area contributed by atoms with Crippen LogP contribution in [0.25, 0.3) is 33.4 Å². The molecule has 0 radical (unpaired) electrons. The molecule has 0 saturated heterocycles. The minimum Gasteiger partial charge on any atom is -0.496 e. The summed E-state index contributed by atoms with van der Waals surface area (Å²) in [5, 5.41) is 5.04. The second-order valence-electron chi connectivity index (χ2n) is 5.14. The molecule has 4 heteroatoms. The van der Waals surface area contributed by atoms with Crippen LogP contribution in [-0.4, -0.2) is 17.3 Å². The van der Waals surface area contributed by atoms with Crippen LogP contribution in [0.15, 0.2) is 71.5 Å². The number of para-hydroxylation sites is 2. The van der Waals surface area contributed by atoms with E-state index in [0.717, 1.165) is 33.3 Å². The standard InChI is InChI=1S/C19H14N2O2/c1-22-18-9-5-3-7-14(18)16-12-21-23-19(16)15-10-11-20-17-8-4-2-6-13(15)17/h2-12H,1H3. The largest absolute Gasteiger partial charge is 0.496 e. The van der Waals surface area contributed by atoms with E-state index in [-0.39, 0.29) is 0 Å². The summed E-state index contributed by atoms with van der Waals surface area (Å²) in [5.41, 5.74) is 3.74. The minimum absolute atomic E-state index is 0.716. The molecule has 0 bridgehead atoms. The highest BCUT2D eigenvalue weighted by atomic mass is 16.5. The summed E-state index contributed by atoms with van der Waals surface area (Å²) in [6.07, 6.45) is 3.51. The van der Waals surface area contributed by atoms with E-state index in [9.17, 15) is 0 Å². The number of pyridine rings is 1. The van der Waals surface area contributed by atoms with E-state index < -0.39 is 0 Å². The predicted octanol–water partition coefficient (Wildman–Crippen LogP) is 4.57. The fourth-order valence-corrected chi connectivity index (χ4v) is 2.79. The van der Waals surface area contributed by atoms with Gasteiger partial charge >= 0.3 is 0 Å². The van der Waals surface area contributed by atoms with Gasteiger partial charge in [0.2, 0.25) is 0 Å². The number of methoxy groups -OCH3 is 1. The van der Waals surface area contributed by atoms with Gasteiger partial charge in [-0.3, -0.25) is 4.98 Å². The Bertz CT molecular complexity index is 970. The Morgan fingerprint density at radius 1 is 0.870 bits per heavy atom. The molecule has 2 heterocycles. The van der Waals surface area contributed by atoms with Crippen molar-refractivity contribution in [2.24, 2.45) is 0 Å². The maximum absolute atomic E-state index is 5.58. The summed E-state index contributed by atoms with van der Waals surface area (Å²) in [7, 11) is 1.66. The molecule has 0 fully saturated rings. The monoisotopic (exact) mass is 302 g/mol. The van der Waals surface area contributed by atoms with E-state index in [1.807, 2.05) is 54.6 Å². The Balaban J connectivity index is 1.97. The van der Waals surface area contributed by atoms with Crippen LogP contribution in [0.1, 0.15) is 0 Å². The lowest BCUT2D eigenvalue weighted by Gasteiger charge is -2.08. The van der Waals surface area contributed by atoms with Crippen LogP contribution in [-0.2, 0) is 0 Å². The number of hydrogen-bond acceptors (Lipinski definition) is 4. The van der Waals surface area contributed by atoms with E-state index in [2.05, 4.69) is 10.1 Å². The van der Waals surface area contributed by atoms with Gasteiger partial charge in [-0.1, -0.05) is 41.6 Å². The van der Waals surface area contributed by atoms with Crippen molar-refractivity contribution < 1.29 is 9.26 Å². The van der Waals surface area contributed by atoms with E-state index in [1.165, 1.54) is 0 Å². The third kappa shape index (κ3) is 2.25. The first-order chi connectivity index (χ1) is 11.4. The summed E-state index contributed by atoms with van der Waals surface area (Å²) in [4.78, 5) is 4.40. The molecule has 0 saturated carbocycles. The summed E-state index contributed by atoms with van der Waals surface area (Å²) >= 11 is 0. The highest BCUT2D eigenvalue weighted by molar-refractivity contribution is 5.97. The SMILES string of the molecule is COc1ccccc1-c1cnoc1-c1ccnc2ccccc12. The van der Waals surface area contributed by atoms with E-state index in [4.69, 9.17) is 9.26 Å². The molecule has 2 aromatic carbocycles. The number of ether oxygens (including phenoxy) is 1. The van der Waals surface area contributed by atoms with Crippen LogP contribution < -0.4 is 4.74 Å². The van der Waals surface area contributed by atoms with E-state index in [0.29, 0.717) is 5.76 Å². The molecule has 4 rings (SSSR count). The number of fused-ring (bicyclic) bond motifs is 1. The van der Waals surface area contributed by atoms with Gasteiger partial charge in [-0.2, -0.15) is 0 Å². The van der Waals surface area contributed by atoms with Gasteiger partial charge in [0.15, 0.2) is 5.76 Å². The lowest BCUT2D eigenvalue weighted by molar-refractivity contribution is 0.416. The Labute approximate surface area is 133 Å². The lowest BCUT2D eigenvalue weighted by atomic mass is 9.99. The van der Waals surface area contributed by atoms with Crippen molar-refractivity contribution in [2.75, 3.05) is 7.11 Å². The third-order valence-electron chi connectivity index (χ3n) is 3.86. The fraction of sp³-hybridized carbons (Fsp3) is 0.0526. The quantitative estimate of drug-likeness (QED) is 0.556. The van der Waals surface area contributed by atoms with Crippen molar-refractivity contribution in [3.05, 3.63) is 67.0 Å². The van der Waals surface area contributed by atoms with Gasteiger partial charge in [0, 0.05) is 22.7 Å². The second kappa shape index (κ2) is 5.57. The Morgan fingerprint density at radius 2 is 1.70 bits per heavy atom. The molecule has 0 N–H and O–H groups in total. The third-order valence-corrected chi connectivity index (χ3v) is 3.86. The van der Waals surface area contributed by atoms with Crippen molar-refractivity contribution in [1.82, 2.24) is 10.1 Å². The molecule has 0 aliphatic carbocycles. The molecule has 4 aromatic rings. The van der Waals surface area contributed by atoms with Gasteiger partial charge in [-0.05, 0) is 18.2 Å². The highest BCUT2D eigenvalue weighted by Crippen LogP contribution is 2.39. The number of nitrogens with zero attached hydrogens (tertiary/aromatic N) is 2. The van der Waals surface area contributed by atoms with Crippen molar-refractivity contribution >= 4 is 10.9 Å². The Kier molecular flexibility index (Phi) is 3.27. The van der Waals surface area contributed by atoms with E-state index >= 15 is 0 Å². The molecular weight excluding hydrogens is 288 g/mol. The fourth-order valence-electron chi connectivity index (χ4n) is 2.79. The van der Waals surface area contributed by atoms with Crippen LogP contribution >= 0.6 is 0 Å². The van der Waals surface area contributed by atoms with Crippen LogP contribution in [0.3, 0.4) is 0 Å². The molecule has 0 aliphatic heterocycles. The zero-order valence-corrected chi connectivity index (χ0v) is 12.6. The summed E-state index contributed by atoms with van der Waals surface area (Å²) in [6, 6.07) is 17.8. The number of rotatable bonds is 3. The number of aromatic nitrogens is 2. The van der Waals surface area contributed by atoms with Crippen molar-refractivity contribution in [3.63, 3.8) is 0 Å². The average molecular weight is 302 g/mol. The molecule has 23 heavy (non-hydrogen) atoms. The topological polar surface area (TPSA) is 48.2 Å². The molecule has 4 nitrogen and oxygen atoms in total. The van der Waals surface area contributed by atoms with Crippen LogP contribution in [0, 0.1) is 0 Å². The second-order valence-corrected chi connectivity index (χ2v) is 5.14. The van der Waals surface area contributed by atoms with Gasteiger partial charge in [-0.15, -0.1) is 0 Å². The minimum atomic E-state index is 0.716. The Hall–Kier alpha value is -3.14. The molecule has 0 unspecified atom stereocenters. The maximum Gasteiger partial charge on any atom is 0.175 e. The molecule has 0 spiro atoms. The van der Waals surface area contributed by atoms with Crippen LogP contribution in [0.4, 0.5) is 0 Å². The molecule has 0 aliphatic rings. The first-order valence-electron chi connectivity index (χ1n) is 7.30. The summed E-state index contributed by atoms with van der Waals surface area (Å²) < 4.78 is 11.0. The lowest BCUT2D eigenvalue weighted by Crippen LogP contribution is -1.89. The Morgan fingerprint density at radius 3 is 2.61 bits per heavy atom. The predicted molar refractivity (Wildman–Crippen MR) is 89.2 cm³/mol. The summed E-state index contributed by atoms with van der Waals surface area (Å²) in [6.45, 7) is 0. The van der Waals surface area contributed by atoms with Gasteiger partial charge in [0.25, 0.3) is 0 Å². The van der Waals surface area contributed by atoms with E-state index in [1.54, 1.807) is 19.5 Å². The normalized spacial score (nSPS) is 10.8. The van der Waals surface area contributed by atoms with Gasteiger partial charge in [-0.25, -0.2) is 0 Å².